The normalized spacial score (nSPS) is 12.1. The van der Waals surface area contributed by atoms with Gasteiger partial charge in [0.25, 0.3) is 0 Å². The molecule has 0 aliphatic carbocycles. The molecule has 0 fully saturated rings. The van der Waals surface area contributed by atoms with Crippen LogP contribution in [-0.2, 0) is 12.6 Å². The Morgan fingerprint density at radius 1 is 1.22 bits per heavy atom. The Morgan fingerprint density at radius 3 is 2.56 bits per heavy atom. The third kappa shape index (κ3) is 2.54. The quantitative estimate of drug-likeness (QED) is 0.858. The summed E-state index contributed by atoms with van der Waals surface area (Å²) in [6.07, 6.45) is -4.04. The Hall–Kier alpha value is -1.40. The molecular formula is C11H9ClF3N3. The number of nitrogens with two attached hydrogens (primary N) is 1. The molecule has 0 bridgehead atoms. The first kappa shape index (κ1) is 13.0. The molecular weight excluding hydrogens is 267 g/mol. The lowest BCUT2D eigenvalue weighted by molar-refractivity contribution is -0.137. The molecule has 0 radical (unpaired) electrons. The van der Waals surface area contributed by atoms with Gasteiger partial charge in [-0.25, -0.2) is 9.97 Å². The highest BCUT2D eigenvalue weighted by Gasteiger charge is 2.30. The van der Waals surface area contributed by atoms with Crippen LogP contribution in [0.1, 0.15) is 11.4 Å². The third-order valence-corrected chi connectivity index (χ3v) is 2.68. The predicted molar refractivity (Wildman–Crippen MR) is 62.3 cm³/mol. The lowest BCUT2D eigenvalue weighted by Crippen LogP contribution is -2.08. The maximum absolute atomic E-state index is 12.6. The van der Waals surface area contributed by atoms with Crippen LogP contribution in [0.3, 0.4) is 0 Å². The topological polar surface area (TPSA) is 51.8 Å². The molecule has 2 N–H and O–H groups in total. The number of fused-ring (bicyclic) bond motifs is 1. The van der Waals surface area contributed by atoms with Gasteiger partial charge in [-0.2, -0.15) is 13.2 Å². The number of hydrogen-bond acceptors (Lipinski definition) is 3. The van der Waals surface area contributed by atoms with Crippen molar-refractivity contribution in [1.29, 1.82) is 0 Å². The molecule has 18 heavy (non-hydrogen) atoms. The SMILES string of the molecule is NCCc1nc(Cl)c2ccc(C(F)(F)F)cc2n1. The van der Waals surface area contributed by atoms with E-state index in [9.17, 15) is 13.2 Å². The zero-order valence-corrected chi connectivity index (χ0v) is 9.89. The molecule has 0 saturated carbocycles. The zero-order valence-electron chi connectivity index (χ0n) is 9.13. The molecule has 0 aliphatic rings. The summed E-state index contributed by atoms with van der Waals surface area (Å²) in [5, 5.41) is 0.530. The van der Waals surface area contributed by atoms with Crippen LogP contribution in [0, 0.1) is 0 Å². The van der Waals surface area contributed by atoms with Crippen molar-refractivity contribution >= 4 is 22.5 Å². The van der Waals surface area contributed by atoms with Gasteiger partial charge in [0, 0.05) is 11.8 Å². The predicted octanol–water partition coefficient (Wildman–Crippen LogP) is 2.80. The van der Waals surface area contributed by atoms with Crippen molar-refractivity contribution in [3.63, 3.8) is 0 Å². The van der Waals surface area contributed by atoms with Crippen molar-refractivity contribution in [2.75, 3.05) is 6.54 Å². The zero-order chi connectivity index (χ0) is 13.3. The van der Waals surface area contributed by atoms with Crippen LogP contribution < -0.4 is 5.73 Å². The number of benzene rings is 1. The van der Waals surface area contributed by atoms with Crippen LogP contribution in [0.25, 0.3) is 10.9 Å². The molecule has 7 heteroatoms. The second kappa shape index (κ2) is 4.70. The molecule has 0 amide bonds. The molecule has 0 aliphatic heterocycles. The Bertz CT molecular complexity index is 583. The first-order valence-electron chi connectivity index (χ1n) is 5.15. The highest BCUT2D eigenvalue weighted by Crippen LogP contribution is 2.32. The second-order valence-electron chi connectivity index (χ2n) is 3.70. The summed E-state index contributed by atoms with van der Waals surface area (Å²) in [7, 11) is 0. The van der Waals surface area contributed by atoms with Crippen molar-refractivity contribution < 1.29 is 13.2 Å². The molecule has 1 heterocycles. The molecule has 2 aromatic rings. The van der Waals surface area contributed by atoms with Crippen LogP contribution in [0.2, 0.25) is 5.15 Å². The summed E-state index contributed by atoms with van der Waals surface area (Å²) >= 11 is 5.89. The number of aromatic nitrogens is 2. The van der Waals surface area contributed by atoms with Gasteiger partial charge in [-0.15, -0.1) is 0 Å². The van der Waals surface area contributed by atoms with Crippen molar-refractivity contribution in [3.05, 3.63) is 34.7 Å². The summed E-state index contributed by atoms with van der Waals surface area (Å²) < 4.78 is 37.7. The molecule has 0 spiro atoms. The van der Waals surface area contributed by atoms with E-state index in [0.29, 0.717) is 24.2 Å². The fourth-order valence-corrected chi connectivity index (χ4v) is 1.81. The van der Waals surface area contributed by atoms with Gasteiger partial charge in [0.1, 0.15) is 11.0 Å². The lowest BCUT2D eigenvalue weighted by atomic mass is 10.1. The van der Waals surface area contributed by atoms with E-state index in [-0.39, 0.29) is 10.7 Å². The molecule has 96 valence electrons. The number of alkyl halides is 3. The minimum atomic E-state index is -4.40. The average molecular weight is 276 g/mol. The second-order valence-corrected chi connectivity index (χ2v) is 4.06. The Balaban J connectivity index is 2.60. The van der Waals surface area contributed by atoms with E-state index >= 15 is 0 Å². The third-order valence-electron chi connectivity index (χ3n) is 2.39. The van der Waals surface area contributed by atoms with E-state index in [4.69, 9.17) is 17.3 Å². The van der Waals surface area contributed by atoms with Crippen LogP contribution >= 0.6 is 11.6 Å². The highest BCUT2D eigenvalue weighted by atomic mass is 35.5. The number of hydrogen-bond donors (Lipinski definition) is 1. The summed E-state index contributed by atoms with van der Waals surface area (Å²) in [6.45, 7) is 0.306. The molecule has 3 nitrogen and oxygen atoms in total. The fourth-order valence-electron chi connectivity index (χ4n) is 1.55. The van der Waals surface area contributed by atoms with Crippen LogP contribution in [0.15, 0.2) is 18.2 Å². The molecule has 0 unspecified atom stereocenters. The summed E-state index contributed by atoms with van der Waals surface area (Å²) in [4.78, 5) is 8.00. The minimum Gasteiger partial charge on any atom is -0.330 e. The average Bonchev–Trinajstić information content (AvgIpc) is 2.27. The smallest absolute Gasteiger partial charge is 0.330 e. The Kier molecular flexibility index (Phi) is 3.41. The first-order valence-corrected chi connectivity index (χ1v) is 5.53. The van der Waals surface area contributed by atoms with E-state index < -0.39 is 11.7 Å². The Labute approximate surface area is 106 Å². The molecule has 1 aromatic carbocycles. The van der Waals surface area contributed by atoms with E-state index in [0.717, 1.165) is 12.1 Å². The van der Waals surface area contributed by atoms with Crippen LogP contribution in [0.5, 0.6) is 0 Å². The molecule has 2 rings (SSSR count). The fraction of sp³-hybridized carbons (Fsp3) is 0.273. The van der Waals surface area contributed by atoms with E-state index in [1.807, 2.05) is 0 Å². The number of rotatable bonds is 2. The van der Waals surface area contributed by atoms with Gasteiger partial charge in [-0.05, 0) is 24.7 Å². The largest absolute Gasteiger partial charge is 0.416 e. The monoisotopic (exact) mass is 275 g/mol. The molecule has 0 atom stereocenters. The summed E-state index contributed by atoms with van der Waals surface area (Å²) in [5.74, 6) is 0.342. The number of nitrogens with zero attached hydrogens (tertiary/aromatic N) is 2. The van der Waals surface area contributed by atoms with Gasteiger partial charge in [0.05, 0.1) is 11.1 Å². The number of halogens is 4. The van der Waals surface area contributed by atoms with Crippen molar-refractivity contribution in [2.24, 2.45) is 5.73 Å². The van der Waals surface area contributed by atoms with E-state index in [1.54, 1.807) is 0 Å². The highest BCUT2D eigenvalue weighted by molar-refractivity contribution is 6.34. The van der Waals surface area contributed by atoms with Gasteiger partial charge in [-0.3, -0.25) is 0 Å². The maximum Gasteiger partial charge on any atom is 0.416 e. The summed E-state index contributed by atoms with van der Waals surface area (Å²) in [5.41, 5.74) is 4.76. The van der Waals surface area contributed by atoms with Crippen molar-refractivity contribution in [1.82, 2.24) is 9.97 Å². The van der Waals surface area contributed by atoms with Gasteiger partial charge in [0.15, 0.2) is 0 Å². The van der Waals surface area contributed by atoms with E-state index in [1.165, 1.54) is 6.07 Å². The van der Waals surface area contributed by atoms with E-state index in [2.05, 4.69) is 9.97 Å². The molecule has 0 saturated heterocycles. The van der Waals surface area contributed by atoms with Crippen molar-refractivity contribution in [3.8, 4) is 0 Å². The van der Waals surface area contributed by atoms with Gasteiger partial charge in [0.2, 0.25) is 0 Å². The van der Waals surface area contributed by atoms with Gasteiger partial charge >= 0.3 is 6.18 Å². The molecule has 1 aromatic heterocycles. The van der Waals surface area contributed by atoms with Gasteiger partial charge < -0.3 is 5.73 Å². The van der Waals surface area contributed by atoms with Crippen LogP contribution in [-0.4, -0.2) is 16.5 Å². The minimum absolute atomic E-state index is 0.136. The summed E-state index contributed by atoms with van der Waals surface area (Å²) in [6, 6.07) is 3.19. The standard InChI is InChI=1S/C11H9ClF3N3/c12-10-7-2-1-6(11(13,14)15)5-8(7)17-9(18-10)3-4-16/h1-2,5H,3-4,16H2. The first-order chi connectivity index (χ1) is 8.41. The lowest BCUT2D eigenvalue weighted by Gasteiger charge is -2.08. The van der Waals surface area contributed by atoms with Crippen molar-refractivity contribution in [2.45, 2.75) is 12.6 Å². The Morgan fingerprint density at radius 2 is 1.94 bits per heavy atom. The van der Waals surface area contributed by atoms with Gasteiger partial charge in [-0.1, -0.05) is 11.6 Å². The maximum atomic E-state index is 12.6. The van der Waals surface area contributed by atoms with Crippen LogP contribution in [0.4, 0.5) is 13.2 Å².